The second-order valence-corrected chi connectivity index (χ2v) is 4.05. The van der Waals surface area contributed by atoms with Gasteiger partial charge in [-0.1, -0.05) is 13.0 Å². The molecule has 0 spiro atoms. The summed E-state index contributed by atoms with van der Waals surface area (Å²) in [5.74, 6) is 0.972. The van der Waals surface area contributed by atoms with E-state index in [0.717, 1.165) is 31.8 Å². The summed E-state index contributed by atoms with van der Waals surface area (Å²) in [7, 11) is 0. The Hall–Kier alpha value is -1.02. The number of hydrogen-bond donors (Lipinski definition) is 0. The van der Waals surface area contributed by atoms with Crippen LogP contribution in [0.25, 0.3) is 0 Å². The maximum Gasteiger partial charge on any atom is 0.124 e. The molecule has 0 aromatic heterocycles. The van der Waals surface area contributed by atoms with Crippen LogP contribution in [0.2, 0.25) is 0 Å². The van der Waals surface area contributed by atoms with E-state index in [9.17, 15) is 0 Å². The molecule has 1 saturated heterocycles. The molecule has 1 atom stereocenters. The molecule has 2 nitrogen and oxygen atoms in total. The summed E-state index contributed by atoms with van der Waals surface area (Å²) >= 11 is 0. The minimum absolute atomic E-state index is 0.247. The van der Waals surface area contributed by atoms with Gasteiger partial charge >= 0.3 is 0 Å². The number of benzene rings is 1. The third-order valence-electron chi connectivity index (χ3n) is 2.89. The van der Waals surface area contributed by atoms with Crippen LogP contribution in [0.1, 0.15) is 24.5 Å². The van der Waals surface area contributed by atoms with E-state index in [1.165, 1.54) is 11.1 Å². The lowest BCUT2D eigenvalue weighted by Crippen LogP contribution is -2.15. The molecule has 1 aromatic carbocycles. The summed E-state index contributed by atoms with van der Waals surface area (Å²) < 4.78 is 11.1. The van der Waals surface area contributed by atoms with Crippen LogP contribution >= 0.6 is 0 Å². The largest absolute Gasteiger partial charge is 0.488 e. The summed E-state index contributed by atoms with van der Waals surface area (Å²) in [5, 5.41) is 0. The summed E-state index contributed by atoms with van der Waals surface area (Å²) in [6.07, 6.45) is 2.34. The number of aryl methyl sites for hydroxylation is 2. The van der Waals surface area contributed by atoms with Crippen LogP contribution in [-0.2, 0) is 11.2 Å². The lowest BCUT2D eigenvalue weighted by molar-refractivity contribution is 0.141. The number of rotatable bonds is 3. The van der Waals surface area contributed by atoms with Crippen molar-refractivity contribution >= 4 is 0 Å². The first-order valence-corrected chi connectivity index (χ1v) is 5.63. The zero-order valence-electron chi connectivity index (χ0n) is 9.45. The predicted octanol–water partition coefficient (Wildman–Crippen LogP) is 2.73. The van der Waals surface area contributed by atoms with Crippen molar-refractivity contribution in [3.8, 4) is 5.75 Å². The van der Waals surface area contributed by atoms with Crippen LogP contribution in [0.4, 0.5) is 0 Å². The Bertz CT molecular complexity index is 327. The Balaban J connectivity index is 2.05. The molecule has 2 heteroatoms. The molecular weight excluding hydrogens is 188 g/mol. The van der Waals surface area contributed by atoms with Gasteiger partial charge in [0.25, 0.3) is 0 Å². The van der Waals surface area contributed by atoms with Crippen LogP contribution in [0, 0.1) is 6.92 Å². The van der Waals surface area contributed by atoms with Crippen LogP contribution in [0.5, 0.6) is 5.75 Å². The van der Waals surface area contributed by atoms with Crippen molar-refractivity contribution in [1.29, 1.82) is 0 Å². The average molecular weight is 206 g/mol. The third-order valence-corrected chi connectivity index (χ3v) is 2.89. The zero-order valence-corrected chi connectivity index (χ0v) is 9.45. The van der Waals surface area contributed by atoms with Crippen molar-refractivity contribution in [2.45, 2.75) is 32.8 Å². The average Bonchev–Trinajstić information content (AvgIpc) is 2.71. The van der Waals surface area contributed by atoms with Gasteiger partial charge in [-0.15, -0.1) is 0 Å². The third kappa shape index (κ3) is 2.51. The summed E-state index contributed by atoms with van der Waals surface area (Å²) in [6, 6.07) is 6.34. The van der Waals surface area contributed by atoms with Crippen LogP contribution < -0.4 is 4.74 Å². The molecule has 0 saturated carbocycles. The highest BCUT2D eigenvalue weighted by Crippen LogP contribution is 2.20. The first-order chi connectivity index (χ1) is 7.29. The first-order valence-electron chi connectivity index (χ1n) is 5.63. The highest BCUT2D eigenvalue weighted by molar-refractivity contribution is 5.34. The molecule has 2 rings (SSSR count). The maximum absolute atomic E-state index is 5.83. The lowest BCUT2D eigenvalue weighted by atomic mass is 10.1. The molecule has 0 N–H and O–H groups in total. The van der Waals surface area contributed by atoms with Crippen molar-refractivity contribution in [3.63, 3.8) is 0 Å². The molecule has 0 aliphatic carbocycles. The Kier molecular flexibility index (Phi) is 3.27. The van der Waals surface area contributed by atoms with Crippen molar-refractivity contribution in [1.82, 2.24) is 0 Å². The Morgan fingerprint density at radius 3 is 2.93 bits per heavy atom. The highest BCUT2D eigenvalue weighted by atomic mass is 16.5. The van der Waals surface area contributed by atoms with Gasteiger partial charge in [0.2, 0.25) is 0 Å². The van der Waals surface area contributed by atoms with E-state index in [0.29, 0.717) is 0 Å². The molecule has 15 heavy (non-hydrogen) atoms. The van der Waals surface area contributed by atoms with Gasteiger partial charge in [0, 0.05) is 6.42 Å². The fourth-order valence-electron chi connectivity index (χ4n) is 1.94. The van der Waals surface area contributed by atoms with E-state index in [-0.39, 0.29) is 6.10 Å². The number of ether oxygens (including phenoxy) is 2. The van der Waals surface area contributed by atoms with E-state index in [1.807, 2.05) is 0 Å². The van der Waals surface area contributed by atoms with E-state index < -0.39 is 0 Å². The van der Waals surface area contributed by atoms with Crippen molar-refractivity contribution in [2.75, 3.05) is 13.2 Å². The maximum atomic E-state index is 5.83. The molecule has 1 aromatic rings. The molecule has 1 fully saturated rings. The second-order valence-electron chi connectivity index (χ2n) is 4.05. The molecule has 1 heterocycles. The lowest BCUT2D eigenvalue weighted by Gasteiger charge is -2.13. The van der Waals surface area contributed by atoms with Gasteiger partial charge in [-0.25, -0.2) is 0 Å². The first kappa shape index (κ1) is 10.5. The van der Waals surface area contributed by atoms with E-state index in [2.05, 4.69) is 32.0 Å². The Morgan fingerprint density at radius 2 is 2.33 bits per heavy atom. The molecule has 0 bridgehead atoms. The fourth-order valence-corrected chi connectivity index (χ4v) is 1.94. The van der Waals surface area contributed by atoms with Crippen LogP contribution in [-0.4, -0.2) is 19.3 Å². The van der Waals surface area contributed by atoms with E-state index >= 15 is 0 Å². The molecule has 0 radical (unpaired) electrons. The summed E-state index contributed by atoms with van der Waals surface area (Å²) in [5.41, 5.74) is 2.71. The predicted molar refractivity (Wildman–Crippen MR) is 60.4 cm³/mol. The fraction of sp³-hybridized carbons (Fsp3) is 0.538. The van der Waals surface area contributed by atoms with Gasteiger partial charge in [0.05, 0.1) is 13.2 Å². The van der Waals surface area contributed by atoms with E-state index in [4.69, 9.17) is 9.47 Å². The highest BCUT2D eigenvalue weighted by Gasteiger charge is 2.17. The number of hydrogen-bond acceptors (Lipinski definition) is 2. The Labute approximate surface area is 91.2 Å². The molecule has 1 unspecified atom stereocenters. The quantitative estimate of drug-likeness (QED) is 0.757. The molecule has 1 aliphatic rings. The van der Waals surface area contributed by atoms with Crippen molar-refractivity contribution in [2.24, 2.45) is 0 Å². The monoisotopic (exact) mass is 206 g/mol. The van der Waals surface area contributed by atoms with Crippen LogP contribution in [0.3, 0.4) is 0 Å². The van der Waals surface area contributed by atoms with Gasteiger partial charge in [0.15, 0.2) is 0 Å². The Morgan fingerprint density at radius 1 is 1.47 bits per heavy atom. The van der Waals surface area contributed by atoms with Gasteiger partial charge in [-0.3, -0.25) is 0 Å². The van der Waals surface area contributed by atoms with Gasteiger partial charge < -0.3 is 9.47 Å². The molecule has 0 amide bonds. The second kappa shape index (κ2) is 4.67. The van der Waals surface area contributed by atoms with Crippen molar-refractivity contribution in [3.05, 3.63) is 29.3 Å². The van der Waals surface area contributed by atoms with Gasteiger partial charge in [0.1, 0.15) is 11.9 Å². The SMILES string of the molecule is CCc1ccc(OC2CCOC2)cc1C. The molecule has 82 valence electrons. The zero-order chi connectivity index (χ0) is 10.7. The van der Waals surface area contributed by atoms with Gasteiger partial charge in [-0.2, -0.15) is 0 Å². The molecular formula is C13H18O2. The minimum Gasteiger partial charge on any atom is -0.488 e. The summed E-state index contributed by atoms with van der Waals surface area (Å²) in [6.45, 7) is 5.87. The summed E-state index contributed by atoms with van der Waals surface area (Å²) in [4.78, 5) is 0. The van der Waals surface area contributed by atoms with Crippen molar-refractivity contribution < 1.29 is 9.47 Å². The van der Waals surface area contributed by atoms with Crippen LogP contribution in [0.15, 0.2) is 18.2 Å². The normalized spacial score (nSPS) is 20.5. The smallest absolute Gasteiger partial charge is 0.124 e. The van der Waals surface area contributed by atoms with Gasteiger partial charge in [-0.05, 0) is 36.6 Å². The molecule has 1 aliphatic heterocycles. The minimum atomic E-state index is 0.247. The standard InChI is InChI=1S/C13H18O2/c1-3-11-4-5-12(8-10(11)2)15-13-6-7-14-9-13/h4-5,8,13H,3,6-7,9H2,1-2H3. The van der Waals surface area contributed by atoms with E-state index in [1.54, 1.807) is 0 Å². The topological polar surface area (TPSA) is 18.5 Å².